The maximum absolute atomic E-state index is 13.0. The van der Waals surface area contributed by atoms with Crippen LogP contribution in [-0.4, -0.2) is 17.6 Å². The molecular formula is C11H15F2NO. The fourth-order valence-electron chi connectivity index (χ4n) is 1.35. The van der Waals surface area contributed by atoms with Crippen molar-refractivity contribution in [1.29, 1.82) is 0 Å². The summed E-state index contributed by atoms with van der Waals surface area (Å²) < 4.78 is 26.0. The minimum Gasteiger partial charge on any atom is -0.508 e. The lowest BCUT2D eigenvalue weighted by molar-refractivity contribution is 0.0109. The standard InChI is InChI=1S/C11H15F2NO/c1-7-3-9(5-11(12,13)6-14)10(15)4-8(7)2/h3-4,15H,5-6,14H2,1-2H3. The van der Waals surface area contributed by atoms with E-state index in [1.807, 2.05) is 13.8 Å². The van der Waals surface area contributed by atoms with Gasteiger partial charge in [-0.25, -0.2) is 8.78 Å². The van der Waals surface area contributed by atoms with E-state index in [0.717, 1.165) is 11.1 Å². The Labute approximate surface area is 87.7 Å². The van der Waals surface area contributed by atoms with Gasteiger partial charge < -0.3 is 10.8 Å². The molecule has 0 saturated heterocycles. The van der Waals surface area contributed by atoms with Crippen LogP contribution in [0.5, 0.6) is 5.75 Å². The lowest BCUT2D eigenvalue weighted by Crippen LogP contribution is -2.30. The van der Waals surface area contributed by atoms with Gasteiger partial charge >= 0.3 is 0 Å². The van der Waals surface area contributed by atoms with Crippen LogP contribution in [0.1, 0.15) is 16.7 Å². The summed E-state index contributed by atoms with van der Waals surface area (Å²) in [4.78, 5) is 0. The van der Waals surface area contributed by atoms with Crippen LogP contribution in [0.4, 0.5) is 8.78 Å². The Kier molecular flexibility index (Phi) is 3.29. The second-order valence-electron chi connectivity index (χ2n) is 3.80. The zero-order valence-corrected chi connectivity index (χ0v) is 8.85. The highest BCUT2D eigenvalue weighted by molar-refractivity contribution is 5.41. The first-order chi connectivity index (χ1) is 6.85. The van der Waals surface area contributed by atoms with E-state index in [2.05, 4.69) is 0 Å². The van der Waals surface area contributed by atoms with Crippen molar-refractivity contribution in [2.75, 3.05) is 6.54 Å². The molecular weight excluding hydrogens is 200 g/mol. The SMILES string of the molecule is Cc1cc(O)c(CC(F)(F)CN)cc1C. The first kappa shape index (κ1) is 11.9. The van der Waals surface area contributed by atoms with Crippen LogP contribution in [0.15, 0.2) is 12.1 Å². The lowest BCUT2D eigenvalue weighted by Gasteiger charge is -2.15. The predicted molar refractivity (Wildman–Crippen MR) is 55.3 cm³/mol. The van der Waals surface area contributed by atoms with Crippen molar-refractivity contribution >= 4 is 0 Å². The molecule has 0 aromatic heterocycles. The molecule has 0 spiro atoms. The number of rotatable bonds is 3. The maximum Gasteiger partial charge on any atom is 0.264 e. The normalized spacial score (nSPS) is 11.8. The molecule has 0 heterocycles. The van der Waals surface area contributed by atoms with E-state index in [9.17, 15) is 13.9 Å². The monoisotopic (exact) mass is 215 g/mol. The van der Waals surface area contributed by atoms with Crippen molar-refractivity contribution in [3.05, 3.63) is 28.8 Å². The number of nitrogens with two attached hydrogens (primary N) is 1. The van der Waals surface area contributed by atoms with Gasteiger partial charge in [0.25, 0.3) is 5.92 Å². The molecule has 1 aromatic carbocycles. The molecule has 4 heteroatoms. The average Bonchev–Trinajstić information content (AvgIpc) is 2.14. The van der Waals surface area contributed by atoms with E-state index in [1.54, 1.807) is 6.07 Å². The van der Waals surface area contributed by atoms with Crippen LogP contribution >= 0.6 is 0 Å². The maximum atomic E-state index is 13.0. The Balaban J connectivity index is 3.01. The quantitative estimate of drug-likeness (QED) is 0.811. The van der Waals surface area contributed by atoms with Gasteiger partial charge in [-0.1, -0.05) is 6.07 Å². The number of benzene rings is 1. The van der Waals surface area contributed by atoms with Gasteiger partial charge in [-0.15, -0.1) is 0 Å². The second-order valence-corrected chi connectivity index (χ2v) is 3.80. The van der Waals surface area contributed by atoms with E-state index in [0.29, 0.717) is 0 Å². The van der Waals surface area contributed by atoms with E-state index < -0.39 is 18.9 Å². The second kappa shape index (κ2) is 4.14. The molecule has 0 aliphatic carbocycles. The summed E-state index contributed by atoms with van der Waals surface area (Å²) in [5, 5.41) is 9.50. The number of phenols is 1. The molecule has 2 nitrogen and oxygen atoms in total. The summed E-state index contributed by atoms with van der Waals surface area (Å²) in [7, 11) is 0. The van der Waals surface area contributed by atoms with Crippen LogP contribution in [0.2, 0.25) is 0 Å². The van der Waals surface area contributed by atoms with Crippen LogP contribution in [0, 0.1) is 13.8 Å². The van der Waals surface area contributed by atoms with Gasteiger partial charge in [0.2, 0.25) is 0 Å². The number of alkyl halides is 2. The van der Waals surface area contributed by atoms with Crippen molar-refractivity contribution in [3.63, 3.8) is 0 Å². The number of phenolic OH excluding ortho intramolecular Hbond substituents is 1. The van der Waals surface area contributed by atoms with Crippen LogP contribution in [0.3, 0.4) is 0 Å². The summed E-state index contributed by atoms with van der Waals surface area (Å²) in [6, 6.07) is 3.07. The highest BCUT2D eigenvalue weighted by Crippen LogP contribution is 2.27. The van der Waals surface area contributed by atoms with Crippen LogP contribution < -0.4 is 5.73 Å². The van der Waals surface area contributed by atoms with Gasteiger partial charge in [0.1, 0.15) is 5.75 Å². The molecule has 0 aliphatic rings. The van der Waals surface area contributed by atoms with Crippen molar-refractivity contribution in [2.45, 2.75) is 26.2 Å². The van der Waals surface area contributed by atoms with Gasteiger partial charge in [0.05, 0.1) is 6.54 Å². The Bertz CT molecular complexity index is 364. The average molecular weight is 215 g/mol. The molecule has 1 rings (SSSR count). The summed E-state index contributed by atoms with van der Waals surface area (Å²) in [6.45, 7) is 2.93. The summed E-state index contributed by atoms with van der Waals surface area (Å²) in [6.07, 6.45) is -0.517. The molecule has 1 aromatic rings. The van der Waals surface area contributed by atoms with E-state index in [4.69, 9.17) is 5.73 Å². The summed E-state index contributed by atoms with van der Waals surface area (Å²) >= 11 is 0. The third kappa shape index (κ3) is 2.89. The molecule has 0 aliphatic heterocycles. The Morgan fingerprint density at radius 1 is 1.27 bits per heavy atom. The number of halogens is 2. The minimum absolute atomic E-state index is 0.0915. The first-order valence-corrected chi connectivity index (χ1v) is 4.73. The molecule has 0 atom stereocenters. The number of aromatic hydroxyl groups is 1. The van der Waals surface area contributed by atoms with Crippen molar-refractivity contribution in [1.82, 2.24) is 0 Å². The highest BCUT2D eigenvalue weighted by Gasteiger charge is 2.28. The van der Waals surface area contributed by atoms with Gasteiger partial charge in [-0.3, -0.25) is 0 Å². The lowest BCUT2D eigenvalue weighted by atomic mass is 10.0. The van der Waals surface area contributed by atoms with E-state index in [1.165, 1.54) is 6.07 Å². The number of hydrogen-bond acceptors (Lipinski definition) is 2. The topological polar surface area (TPSA) is 46.2 Å². The number of hydrogen-bond donors (Lipinski definition) is 2. The van der Waals surface area contributed by atoms with Gasteiger partial charge in [0.15, 0.2) is 0 Å². The molecule has 0 fully saturated rings. The molecule has 0 saturated carbocycles. The minimum atomic E-state index is -2.96. The predicted octanol–water partition coefficient (Wildman–Crippen LogP) is 2.15. The van der Waals surface area contributed by atoms with Crippen LogP contribution in [-0.2, 0) is 6.42 Å². The summed E-state index contributed by atoms with van der Waals surface area (Å²) in [5.74, 6) is -3.05. The van der Waals surface area contributed by atoms with Crippen molar-refractivity contribution < 1.29 is 13.9 Å². The molecule has 3 N–H and O–H groups in total. The van der Waals surface area contributed by atoms with Crippen LogP contribution in [0.25, 0.3) is 0 Å². The number of aryl methyl sites for hydroxylation is 2. The molecule has 0 amide bonds. The van der Waals surface area contributed by atoms with Gasteiger partial charge in [0, 0.05) is 12.0 Å². The van der Waals surface area contributed by atoms with Gasteiger partial charge in [-0.2, -0.15) is 0 Å². The largest absolute Gasteiger partial charge is 0.508 e. The Morgan fingerprint density at radius 3 is 2.33 bits per heavy atom. The van der Waals surface area contributed by atoms with E-state index >= 15 is 0 Å². The molecule has 0 radical (unpaired) electrons. The fourth-order valence-corrected chi connectivity index (χ4v) is 1.35. The third-order valence-corrected chi connectivity index (χ3v) is 2.44. The first-order valence-electron chi connectivity index (χ1n) is 4.73. The zero-order chi connectivity index (χ0) is 11.6. The third-order valence-electron chi connectivity index (χ3n) is 2.44. The smallest absolute Gasteiger partial charge is 0.264 e. The summed E-state index contributed by atoms with van der Waals surface area (Å²) in [5.41, 5.74) is 6.95. The van der Waals surface area contributed by atoms with E-state index in [-0.39, 0.29) is 11.3 Å². The highest BCUT2D eigenvalue weighted by atomic mass is 19.3. The molecule has 0 unspecified atom stereocenters. The zero-order valence-electron chi connectivity index (χ0n) is 8.85. The molecule has 0 bridgehead atoms. The van der Waals surface area contributed by atoms with Crippen molar-refractivity contribution in [2.24, 2.45) is 5.73 Å². The Morgan fingerprint density at radius 2 is 1.80 bits per heavy atom. The van der Waals surface area contributed by atoms with Gasteiger partial charge in [-0.05, 0) is 31.0 Å². The Hall–Kier alpha value is -1.16. The fraction of sp³-hybridized carbons (Fsp3) is 0.455. The van der Waals surface area contributed by atoms with Crippen molar-refractivity contribution in [3.8, 4) is 5.75 Å². The molecule has 84 valence electrons. The molecule has 15 heavy (non-hydrogen) atoms.